The summed E-state index contributed by atoms with van der Waals surface area (Å²) in [6.45, 7) is 2.75. The molecule has 2 unspecified atom stereocenters. The van der Waals surface area contributed by atoms with Crippen LogP contribution in [-0.4, -0.2) is 27.6 Å². The second kappa shape index (κ2) is 5.74. The van der Waals surface area contributed by atoms with Gasteiger partial charge in [-0.3, -0.25) is 9.48 Å². The summed E-state index contributed by atoms with van der Waals surface area (Å²) < 4.78 is 1.65. The number of nitrogens with one attached hydrogen (secondary N) is 1. The van der Waals surface area contributed by atoms with Crippen LogP contribution in [0.2, 0.25) is 0 Å². The molecule has 1 aromatic heterocycles. The van der Waals surface area contributed by atoms with Gasteiger partial charge in [-0.05, 0) is 37.7 Å². The molecule has 4 nitrogen and oxygen atoms in total. The van der Waals surface area contributed by atoms with Gasteiger partial charge in [0.25, 0.3) is 5.91 Å². The van der Waals surface area contributed by atoms with Gasteiger partial charge >= 0.3 is 0 Å². The predicted octanol–water partition coefficient (Wildman–Crippen LogP) is 2.12. The second-order valence-corrected chi connectivity index (χ2v) is 5.60. The van der Waals surface area contributed by atoms with Gasteiger partial charge in [-0.2, -0.15) is 5.10 Å². The van der Waals surface area contributed by atoms with E-state index in [0.29, 0.717) is 18.2 Å². The molecule has 0 spiro atoms. The number of nitrogens with zero attached hydrogens (tertiary/aromatic N) is 2. The maximum atomic E-state index is 12.0. The third-order valence-electron chi connectivity index (χ3n) is 3.55. The van der Waals surface area contributed by atoms with E-state index in [4.69, 9.17) is 11.6 Å². The minimum atomic E-state index is -0.0391. The van der Waals surface area contributed by atoms with Crippen molar-refractivity contribution in [1.82, 2.24) is 15.1 Å². The van der Waals surface area contributed by atoms with Gasteiger partial charge < -0.3 is 5.32 Å². The molecule has 1 amide bonds. The quantitative estimate of drug-likeness (QED) is 0.851. The molecule has 1 heterocycles. The van der Waals surface area contributed by atoms with E-state index in [0.717, 1.165) is 31.4 Å². The minimum Gasteiger partial charge on any atom is -0.350 e. The average Bonchev–Trinajstić information content (AvgIpc) is 2.92. The van der Waals surface area contributed by atoms with Crippen molar-refractivity contribution < 1.29 is 4.79 Å². The molecule has 0 aromatic carbocycles. The maximum absolute atomic E-state index is 12.0. The number of alkyl halides is 1. The zero-order chi connectivity index (χ0) is 13.1. The Balaban J connectivity index is 1.89. The van der Waals surface area contributed by atoms with Gasteiger partial charge in [0.15, 0.2) is 0 Å². The van der Waals surface area contributed by atoms with Gasteiger partial charge in [0.2, 0.25) is 0 Å². The molecule has 1 N–H and O–H groups in total. The number of halogens is 1. The van der Waals surface area contributed by atoms with Crippen LogP contribution in [0.25, 0.3) is 0 Å². The first-order chi connectivity index (χ1) is 8.60. The molecule has 100 valence electrons. The van der Waals surface area contributed by atoms with Crippen LogP contribution >= 0.6 is 11.6 Å². The molecule has 2 atom stereocenters. The maximum Gasteiger partial charge on any atom is 0.269 e. The van der Waals surface area contributed by atoms with Gasteiger partial charge in [0.05, 0.1) is 5.69 Å². The molecule has 0 bridgehead atoms. The zero-order valence-electron chi connectivity index (χ0n) is 10.9. The van der Waals surface area contributed by atoms with Crippen molar-refractivity contribution in [2.75, 3.05) is 6.54 Å². The Bertz CT molecular complexity index is 430. The third kappa shape index (κ3) is 3.05. The molecule has 0 aliphatic heterocycles. The van der Waals surface area contributed by atoms with Gasteiger partial charge in [0, 0.05) is 19.0 Å². The fourth-order valence-electron chi connectivity index (χ4n) is 2.44. The van der Waals surface area contributed by atoms with E-state index in [2.05, 4.69) is 10.4 Å². The number of hydrogen-bond donors (Lipinski definition) is 1. The Hall–Kier alpha value is -1.03. The topological polar surface area (TPSA) is 46.9 Å². The Labute approximate surface area is 113 Å². The Morgan fingerprint density at radius 2 is 2.39 bits per heavy atom. The van der Waals surface area contributed by atoms with E-state index in [1.807, 2.05) is 13.0 Å². The molecule has 1 aromatic rings. The number of hydrogen-bond acceptors (Lipinski definition) is 2. The number of carbonyl (C=O) groups is 1. The Morgan fingerprint density at radius 1 is 1.61 bits per heavy atom. The number of aromatic nitrogens is 2. The highest BCUT2D eigenvalue weighted by atomic mass is 35.5. The summed E-state index contributed by atoms with van der Waals surface area (Å²) in [6, 6.07) is 1.86. The van der Waals surface area contributed by atoms with Crippen LogP contribution in [0.1, 0.15) is 42.4 Å². The number of rotatable bonds is 4. The fraction of sp³-hybridized carbons (Fsp3) is 0.692. The van der Waals surface area contributed by atoms with Gasteiger partial charge in [0.1, 0.15) is 5.69 Å². The highest BCUT2D eigenvalue weighted by Crippen LogP contribution is 2.28. The van der Waals surface area contributed by atoms with E-state index in [9.17, 15) is 4.79 Å². The summed E-state index contributed by atoms with van der Waals surface area (Å²) in [7, 11) is 1.80. The Morgan fingerprint density at radius 3 is 2.94 bits per heavy atom. The molecule has 18 heavy (non-hydrogen) atoms. The van der Waals surface area contributed by atoms with Crippen LogP contribution in [0.15, 0.2) is 6.07 Å². The lowest BCUT2D eigenvalue weighted by Crippen LogP contribution is -2.30. The first kappa shape index (κ1) is 13.4. The second-order valence-electron chi connectivity index (χ2n) is 4.98. The fourth-order valence-corrected chi connectivity index (χ4v) is 2.82. The largest absolute Gasteiger partial charge is 0.350 e. The minimum absolute atomic E-state index is 0.0391. The average molecular weight is 270 g/mol. The van der Waals surface area contributed by atoms with E-state index in [1.54, 1.807) is 11.7 Å². The molecular formula is C13H20ClN3O. The summed E-state index contributed by atoms with van der Waals surface area (Å²) in [5, 5.41) is 7.55. The van der Waals surface area contributed by atoms with E-state index >= 15 is 0 Å². The number of carbonyl (C=O) groups excluding carboxylic acids is 1. The summed E-state index contributed by atoms with van der Waals surface area (Å²) in [5.74, 6) is 0.484. The van der Waals surface area contributed by atoms with Crippen molar-refractivity contribution in [2.24, 2.45) is 13.0 Å². The summed E-state index contributed by atoms with van der Waals surface area (Å²) in [6.07, 6.45) is 4.03. The van der Waals surface area contributed by atoms with Crippen LogP contribution in [-0.2, 0) is 13.5 Å². The number of aryl methyl sites for hydroxylation is 2. The van der Waals surface area contributed by atoms with Crippen molar-refractivity contribution >= 4 is 17.5 Å². The lowest BCUT2D eigenvalue weighted by Gasteiger charge is -2.10. The lowest BCUT2D eigenvalue weighted by atomic mass is 10.1. The molecule has 1 fully saturated rings. The van der Waals surface area contributed by atoms with Crippen molar-refractivity contribution in [2.45, 2.75) is 38.0 Å². The van der Waals surface area contributed by atoms with Crippen LogP contribution in [0.5, 0.6) is 0 Å². The summed E-state index contributed by atoms with van der Waals surface area (Å²) in [4.78, 5) is 12.0. The molecular weight excluding hydrogens is 250 g/mol. The van der Waals surface area contributed by atoms with Crippen LogP contribution in [0, 0.1) is 5.92 Å². The first-order valence-corrected chi connectivity index (χ1v) is 6.99. The van der Waals surface area contributed by atoms with Crippen LogP contribution < -0.4 is 5.32 Å². The smallest absolute Gasteiger partial charge is 0.269 e. The van der Waals surface area contributed by atoms with E-state index < -0.39 is 0 Å². The zero-order valence-corrected chi connectivity index (χ0v) is 11.7. The standard InChI is InChI=1S/C13H20ClN3O/c1-3-11-7-12(17(2)16-11)13(18)15-8-9-4-5-10(14)6-9/h7,9-10H,3-6,8H2,1-2H3,(H,15,18). The predicted molar refractivity (Wildman–Crippen MR) is 71.9 cm³/mol. The molecule has 0 radical (unpaired) electrons. The van der Waals surface area contributed by atoms with Crippen molar-refractivity contribution in [1.29, 1.82) is 0 Å². The number of amides is 1. The molecule has 5 heteroatoms. The normalized spacial score (nSPS) is 23.3. The molecule has 1 aliphatic rings. The van der Waals surface area contributed by atoms with E-state index in [-0.39, 0.29) is 11.3 Å². The molecule has 0 saturated heterocycles. The highest BCUT2D eigenvalue weighted by Gasteiger charge is 2.23. The van der Waals surface area contributed by atoms with Crippen molar-refractivity contribution in [3.63, 3.8) is 0 Å². The highest BCUT2D eigenvalue weighted by molar-refractivity contribution is 6.20. The van der Waals surface area contributed by atoms with Crippen LogP contribution in [0.3, 0.4) is 0 Å². The van der Waals surface area contributed by atoms with E-state index in [1.165, 1.54) is 0 Å². The van der Waals surface area contributed by atoms with Crippen molar-refractivity contribution in [3.05, 3.63) is 17.5 Å². The summed E-state index contributed by atoms with van der Waals surface area (Å²) in [5.41, 5.74) is 1.58. The third-order valence-corrected chi connectivity index (χ3v) is 3.95. The molecule has 1 aliphatic carbocycles. The van der Waals surface area contributed by atoms with Gasteiger partial charge in [-0.1, -0.05) is 6.92 Å². The molecule has 2 rings (SSSR count). The van der Waals surface area contributed by atoms with Gasteiger partial charge in [-0.25, -0.2) is 0 Å². The monoisotopic (exact) mass is 269 g/mol. The first-order valence-electron chi connectivity index (χ1n) is 6.55. The molecule has 1 saturated carbocycles. The SMILES string of the molecule is CCc1cc(C(=O)NCC2CCC(Cl)C2)n(C)n1. The van der Waals surface area contributed by atoms with Crippen LogP contribution in [0.4, 0.5) is 0 Å². The lowest BCUT2D eigenvalue weighted by molar-refractivity contribution is 0.0938. The van der Waals surface area contributed by atoms with Gasteiger partial charge in [-0.15, -0.1) is 11.6 Å². The summed E-state index contributed by atoms with van der Waals surface area (Å²) >= 11 is 6.06. The van der Waals surface area contributed by atoms with Crippen molar-refractivity contribution in [3.8, 4) is 0 Å². The Kier molecular flexibility index (Phi) is 4.27.